The average molecular weight is 205 g/mol. The molecule has 4 heteroatoms. The van der Waals surface area contributed by atoms with Gasteiger partial charge in [-0.3, -0.25) is 0 Å². The summed E-state index contributed by atoms with van der Waals surface area (Å²) in [6.07, 6.45) is 0.750. The summed E-state index contributed by atoms with van der Waals surface area (Å²) in [5, 5.41) is -0.229. The first kappa shape index (κ1) is 11.0. The molecule has 2 unspecified atom stereocenters. The summed E-state index contributed by atoms with van der Waals surface area (Å²) in [5.74, 6) is 0.437. The lowest BCUT2D eigenvalue weighted by molar-refractivity contribution is 0.295. The van der Waals surface area contributed by atoms with Gasteiger partial charge in [-0.2, -0.15) is 4.31 Å². The maximum absolute atomic E-state index is 11.5. The summed E-state index contributed by atoms with van der Waals surface area (Å²) in [4.78, 5) is 0. The van der Waals surface area contributed by atoms with Crippen molar-refractivity contribution in [1.82, 2.24) is 4.31 Å². The minimum absolute atomic E-state index is 0.229. The third kappa shape index (κ3) is 2.05. The summed E-state index contributed by atoms with van der Waals surface area (Å²) in [6.45, 7) is 9.91. The lowest BCUT2D eigenvalue weighted by Crippen LogP contribution is -2.28. The molecule has 2 atom stereocenters. The van der Waals surface area contributed by atoms with Crippen LogP contribution < -0.4 is 0 Å². The molecule has 1 aliphatic rings. The van der Waals surface area contributed by atoms with Crippen molar-refractivity contribution in [2.24, 2.45) is 5.92 Å². The first-order valence-electron chi connectivity index (χ1n) is 4.70. The van der Waals surface area contributed by atoms with E-state index in [4.69, 9.17) is 0 Å². The molecule has 0 aromatic carbocycles. The van der Waals surface area contributed by atoms with E-state index in [1.165, 1.54) is 0 Å². The van der Waals surface area contributed by atoms with Crippen molar-refractivity contribution in [1.29, 1.82) is 0 Å². The Hall–Kier alpha value is -0.0900. The highest BCUT2D eigenvalue weighted by molar-refractivity contribution is 7.96. The predicted molar refractivity (Wildman–Crippen MR) is 53.8 cm³/mol. The van der Waals surface area contributed by atoms with Gasteiger partial charge in [-0.1, -0.05) is 13.8 Å². The van der Waals surface area contributed by atoms with Crippen LogP contribution >= 0.6 is 0 Å². The smallest absolute Gasteiger partial charge is 0.210 e. The van der Waals surface area contributed by atoms with Crippen molar-refractivity contribution in [2.45, 2.75) is 52.0 Å². The molecule has 0 aromatic heterocycles. The second-order valence-electron chi connectivity index (χ2n) is 5.10. The zero-order valence-electron chi connectivity index (χ0n) is 9.03. The van der Waals surface area contributed by atoms with E-state index >= 15 is 0 Å². The molecule has 0 saturated carbocycles. The molecule has 13 heavy (non-hydrogen) atoms. The Bertz CT molecular complexity index is 287. The number of nitrogens with zero attached hydrogens (tertiary/aromatic N) is 1. The molecule has 1 heterocycles. The van der Waals surface area contributed by atoms with E-state index < -0.39 is 10.0 Å². The molecular formula is C9H19NO2S. The zero-order chi connectivity index (χ0) is 10.4. The van der Waals surface area contributed by atoms with Crippen LogP contribution in [0.15, 0.2) is 0 Å². The van der Waals surface area contributed by atoms with E-state index in [1.807, 2.05) is 20.8 Å². The van der Waals surface area contributed by atoms with Gasteiger partial charge in [0.15, 0.2) is 0 Å². The summed E-state index contributed by atoms with van der Waals surface area (Å²) >= 11 is 0. The van der Waals surface area contributed by atoms with E-state index in [0.29, 0.717) is 5.92 Å². The van der Waals surface area contributed by atoms with Crippen molar-refractivity contribution in [3.63, 3.8) is 0 Å². The van der Waals surface area contributed by atoms with Crippen LogP contribution in [0.3, 0.4) is 0 Å². The molecule has 1 rings (SSSR count). The molecule has 0 aliphatic carbocycles. The maximum atomic E-state index is 11.5. The molecule has 78 valence electrons. The van der Waals surface area contributed by atoms with Gasteiger partial charge < -0.3 is 0 Å². The van der Waals surface area contributed by atoms with Gasteiger partial charge in [0.1, 0.15) is 5.37 Å². The van der Waals surface area contributed by atoms with Crippen LogP contribution in [0.5, 0.6) is 0 Å². The predicted octanol–water partition coefficient (Wildman–Crippen LogP) is 1.80. The van der Waals surface area contributed by atoms with Crippen LogP contribution in [0.25, 0.3) is 0 Å². The molecule has 0 spiro atoms. The summed E-state index contributed by atoms with van der Waals surface area (Å²) in [5.41, 5.74) is -0.252. The van der Waals surface area contributed by atoms with Gasteiger partial charge in [-0.05, 0) is 33.1 Å². The van der Waals surface area contributed by atoms with Crippen molar-refractivity contribution in [3.8, 4) is 0 Å². The Kier molecular flexibility index (Phi) is 2.50. The van der Waals surface area contributed by atoms with Crippen molar-refractivity contribution < 1.29 is 8.42 Å². The van der Waals surface area contributed by atoms with Crippen molar-refractivity contribution in [3.05, 3.63) is 0 Å². The van der Waals surface area contributed by atoms with Gasteiger partial charge in [0.25, 0.3) is 0 Å². The second kappa shape index (κ2) is 2.95. The third-order valence-corrected chi connectivity index (χ3v) is 4.39. The molecule has 0 N–H and O–H groups in total. The topological polar surface area (TPSA) is 37.1 Å². The fourth-order valence-electron chi connectivity index (χ4n) is 1.68. The van der Waals surface area contributed by atoms with E-state index in [-0.39, 0.29) is 10.9 Å². The van der Waals surface area contributed by atoms with Gasteiger partial charge in [-0.25, -0.2) is 8.42 Å². The van der Waals surface area contributed by atoms with Gasteiger partial charge >= 0.3 is 0 Å². The van der Waals surface area contributed by atoms with Crippen molar-refractivity contribution >= 4 is 10.0 Å². The first-order chi connectivity index (χ1) is 5.67. The zero-order valence-corrected chi connectivity index (χ0v) is 9.85. The Morgan fingerprint density at radius 3 is 2.00 bits per heavy atom. The van der Waals surface area contributed by atoms with E-state index in [9.17, 15) is 8.42 Å². The summed E-state index contributed by atoms with van der Waals surface area (Å²) in [7, 11) is -2.92. The average Bonchev–Trinajstić information content (AvgIpc) is 2.29. The van der Waals surface area contributed by atoms with Gasteiger partial charge in [-0.15, -0.1) is 0 Å². The highest BCUT2D eigenvalue weighted by Gasteiger charge is 2.59. The van der Waals surface area contributed by atoms with Gasteiger partial charge in [0.2, 0.25) is 10.0 Å². The van der Waals surface area contributed by atoms with E-state index in [2.05, 4.69) is 13.8 Å². The van der Waals surface area contributed by atoms with Crippen LogP contribution in [0, 0.1) is 5.92 Å². The maximum Gasteiger partial charge on any atom is 0.233 e. The molecule has 3 nitrogen and oxygen atoms in total. The highest BCUT2D eigenvalue weighted by Crippen LogP contribution is 2.42. The Labute approximate surface area is 81.2 Å². The Morgan fingerprint density at radius 2 is 1.77 bits per heavy atom. The first-order valence-corrected chi connectivity index (χ1v) is 6.21. The van der Waals surface area contributed by atoms with Crippen LogP contribution in [-0.4, -0.2) is 23.6 Å². The molecule has 0 aromatic rings. The number of hydrogen-bond donors (Lipinski definition) is 0. The van der Waals surface area contributed by atoms with Crippen molar-refractivity contribution in [2.75, 3.05) is 0 Å². The van der Waals surface area contributed by atoms with Crippen LogP contribution in [-0.2, 0) is 10.0 Å². The largest absolute Gasteiger partial charge is 0.233 e. The Balaban J connectivity index is 2.73. The molecular weight excluding hydrogens is 186 g/mol. The molecule has 0 bridgehead atoms. The van der Waals surface area contributed by atoms with E-state index in [1.54, 1.807) is 4.31 Å². The quantitative estimate of drug-likeness (QED) is 0.645. The lowest BCUT2D eigenvalue weighted by Gasteiger charge is -2.17. The molecule has 1 aliphatic heterocycles. The monoisotopic (exact) mass is 205 g/mol. The standard InChI is InChI=1S/C9H19NO2S/c1-7(2)6-8-10(9(3,4)5)13(8,11)12/h7-8H,6H2,1-5H3. The van der Waals surface area contributed by atoms with Crippen LogP contribution in [0.1, 0.15) is 41.0 Å². The lowest BCUT2D eigenvalue weighted by atomic mass is 10.1. The minimum Gasteiger partial charge on any atom is -0.210 e. The third-order valence-electron chi connectivity index (χ3n) is 2.17. The Morgan fingerprint density at radius 1 is 1.31 bits per heavy atom. The SMILES string of the molecule is CC(C)CC1N(C(C)(C)C)S1(=O)=O. The van der Waals surface area contributed by atoms with E-state index in [0.717, 1.165) is 6.42 Å². The number of hydrogen-bond acceptors (Lipinski definition) is 2. The van der Waals surface area contributed by atoms with Gasteiger partial charge in [0, 0.05) is 5.54 Å². The molecule has 0 radical (unpaired) electrons. The molecule has 1 saturated heterocycles. The fraction of sp³-hybridized carbons (Fsp3) is 1.00. The number of sulfonamides is 1. The summed E-state index contributed by atoms with van der Waals surface area (Å²) < 4.78 is 24.6. The minimum atomic E-state index is -2.92. The normalized spacial score (nSPS) is 32.2. The molecule has 0 amide bonds. The second-order valence-corrected chi connectivity index (χ2v) is 7.06. The highest BCUT2D eigenvalue weighted by atomic mass is 32.2. The van der Waals surface area contributed by atoms with Gasteiger partial charge in [0.05, 0.1) is 0 Å². The molecule has 1 fully saturated rings. The van der Waals surface area contributed by atoms with Crippen LogP contribution in [0.2, 0.25) is 0 Å². The van der Waals surface area contributed by atoms with Crippen LogP contribution in [0.4, 0.5) is 0 Å². The number of rotatable bonds is 2. The summed E-state index contributed by atoms with van der Waals surface area (Å²) in [6, 6.07) is 0. The fourth-order valence-corrected chi connectivity index (χ4v) is 4.17.